The minimum atomic E-state index is -0.928. The molecule has 38 heavy (non-hydrogen) atoms. The number of esters is 2. The van der Waals surface area contributed by atoms with E-state index in [1.54, 1.807) is 12.1 Å². The molecule has 6 nitrogen and oxygen atoms in total. The summed E-state index contributed by atoms with van der Waals surface area (Å²) in [5.41, 5.74) is 3.23. The summed E-state index contributed by atoms with van der Waals surface area (Å²) in [6, 6.07) is 31.3. The van der Waals surface area contributed by atoms with Crippen LogP contribution in [-0.4, -0.2) is 31.3 Å². The van der Waals surface area contributed by atoms with Crippen LogP contribution >= 0.6 is 0 Å². The number of benzene rings is 4. The second-order valence-electron chi connectivity index (χ2n) is 8.56. The number of carbonyl (C=O) groups excluding carboxylic acids is 2. The molecule has 0 aromatic heterocycles. The van der Waals surface area contributed by atoms with Gasteiger partial charge in [0.15, 0.2) is 0 Å². The first-order valence-electron chi connectivity index (χ1n) is 12.0. The van der Waals surface area contributed by atoms with Crippen LogP contribution in [-0.2, 0) is 15.9 Å². The number of aliphatic hydroxyl groups is 1. The lowest BCUT2D eigenvalue weighted by atomic mass is 9.93. The zero-order chi connectivity index (χ0) is 26.9. The third-order valence-corrected chi connectivity index (χ3v) is 5.98. The molecule has 0 heterocycles. The van der Waals surface area contributed by atoms with Crippen molar-refractivity contribution in [2.24, 2.45) is 0 Å². The molecule has 0 saturated heterocycles. The fourth-order valence-electron chi connectivity index (χ4n) is 4.05. The number of hydrogen-bond acceptors (Lipinski definition) is 6. The number of rotatable bonds is 9. The molecule has 0 aliphatic rings. The van der Waals surface area contributed by atoms with Crippen molar-refractivity contribution in [3.05, 3.63) is 137 Å². The molecule has 0 fully saturated rings. The van der Waals surface area contributed by atoms with Gasteiger partial charge < -0.3 is 19.3 Å². The Morgan fingerprint density at radius 1 is 0.737 bits per heavy atom. The molecule has 1 atom stereocenters. The maximum Gasteiger partial charge on any atom is 0.338 e. The maximum atomic E-state index is 12.4. The van der Waals surface area contributed by atoms with E-state index in [1.807, 2.05) is 91.0 Å². The lowest BCUT2D eigenvalue weighted by molar-refractivity contribution is 0.0555. The van der Waals surface area contributed by atoms with Crippen molar-refractivity contribution >= 4 is 18.0 Å². The molecule has 4 aromatic rings. The number of methoxy groups -OCH3 is 2. The third kappa shape index (κ3) is 6.55. The van der Waals surface area contributed by atoms with Crippen LogP contribution in [0.4, 0.5) is 0 Å². The highest BCUT2D eigenvalue weighted by Crippen LogP contribution is 2.30. The number of hydrogen-bond donors (Lipinski definition) is 1. The van der Waals surface area contributed by atoms with Crippen LogP contribution in [0, 0.1) is 0 Å². The Labute approximate surface area is 221 Å². The van der Waals surface area contributed by atoms with Crippen LogP contribution in [0.15, 0.2) is 109 Å². The summed E-state index contributed by atoms with van der Waals surface area (Å²) in [4.78, 5) is 24.6. The Kier molecular flexibility index (Phi) is 8.69. The second-order valence-corrected chi connectivity index (χ2v) is 8.56. The molecular formula is C32H28O6. The maximum absolute atomic E-state index is 12.4. The average molecular weight is 509 g/mol. The number of ether oxygens (including phenoxy) is 3. The fraction of sp³-hybridized carbons (Fsp3) is 0.125. The first-order valence-corrected chi connectivity index (χ1v) is 12.0. The van der Waals surface area contributed by atoms with E-state index < -0.39 is 18.0 Å². The zero-order valence-corrected chi connectivity index (χ0v) is 21.2. The van der Waals surface area contributed by atoms with Gasteiger partial charge in [0.05, 0.1) is 25.3 Å². The van der Waals surface area contributed by atoms with E-state index in [0.29, 0.717) is 28.9 Å². The fourth-order valence-corrected chi connectivity index (χ4v) is 4.05. The Balaban J connectivity index is 1.68. The lowest BCUT2D eigenvalue weighted by Crippen LogP contribution is -2.12. The Morgan fingerprint density at radius 2 is 1.32 bits per heavy atom. The number of para-hydroxylation sites is 1. The highest BCUT2D eigenvalue weighted by atomic mass is 16.5. The van der Waals surface area contributed by atoms with E-state index in [1.165, 1.54) is 20.3 Å². The number of aliphatic hydroxyl groups excluding tert-OH is 1. The van der Waals surface area contributed by atoms with Crippen molar-refractivity contribution in [3.63, 3.8) is 0 Å². The molecule has 4 aromatic carbocycles. The van der Waals surface area contributed by atoms with Crippen molar-refractivity contribution in [2.45, 2.75) is 12.5 Å². The van der Waals surface area contributed by atoms with Gasteiger partial charge in [0.2, 0.25) is 0 Å². The standard InChI is InChI=1S/C32H28O6/c1-36-31(34)28-18-13-23(21-29(28)32(35)37-2)20-25(19-22-9-5-3-6-10-22)30(33)24-14-16-27(17-15-24)38-26-11-7-4-8-12-26/h3-18,20-21,30,33H,19H2,1-2H3/b25-20+. The quantitative estimate of drug-likeness (QED) is 0.263. The van der Waals surface area contributed by atoms with Crippen molar-refractivity contribution in [3.8, 4) is 11.5 Å². The summed E-state index contributed by atoms with van der Waals surface area (Å²) in [5.74, 6) is 0.0900. The normalized spacial score (nSPS) is 11.9. The summed E-state index contributed by atoms with van der Waals surface area (Å²) in [7, 11) is 2.50. The van der Waals surface area contributed by atoms with E-state index in [2.05, 4.69) is 0 Å². The van der Waals surface area contributed by atoms with Crippen LogP contribution in [0.3, 0.4) is 0 Å². The lowest BCUT2D eigenvalue weighted by Gasteiger charge is -2.17. The Hall–Kier alpha value is -4.68. The molecule has 0 amide bonds. The topological polar surface area (TPSA) is 82.1 Å². The van der Waals surface area contributed by atoms with Gasteiger partial charge in [0.25, 0.3) is 0 Å². The molecule has 0 aliphatic carbocycles. The highest BCUT2D eigenvalue weighted by molar-refractivity contribution is 6.03. The highest BCUT2D eigenvalue weighted by Gasteiger charge is 2.20. The molecule has 0 saturated carbocycles. The summed E-state index contributed by atoms with van der Waals surface area (Å²) < 4.78 is 15.5. The number of carbonyl (C=O) groups is 2. The molecule has 6 heteroatoms. The van der Waals surface area contributed by atoms with E-state index in [-0.39, 0.29) is 11.1 Å². The molecule has 1 N–H and O–H groups in total. The average Bonchev–Trinajstić information content (AvgIpc) is 2.97. The van der Waals surface area contributed by atoms with Gasteiger partial charge >= 0.3 is 11.9 Å². The summed E-state index contributed by atoms with van der Waals surface area (Å²) in [6.45, 7) is 0. The van der Waals surface area contributed by atoms with Gasteiger partial charge in [-0.2, -0.15) is 0 Å². The van der Waals surface area contributed by atoms with Gasteiger partial charge in [-0.1, -0.05) is 72.8 Å². The molecular weight excluding hydrogens is 480 g/mol. The molecule has 0 spiro atoms. The van der Waals surface area contributed by atoms with Crippen molar-refractivity contribution in [1.29, 1.82) is 0 Å². The monoisotopic (exact) mass is 508 g/mol. The van der Waals surface area contributed by atoms with E-state index >= 15 is 0 Å². The van der Waals surface area contributed by atoms with Crippen LogP contribution in [0.5, 0.6) is 11.5 Å². The SMILES string of the molecule is COC(=O)c1ccc(/C=C(\Cc2ccccc2)C(O)c2ccc(Oc3ccccc3)cc2)cc1C(=O)OC. The smallest absolute Gasteiger partial charge is 0.338 e. The van der Waals surface area contributed by atoms with Gasteiger partial charge in [-0.05, 0) is 65.1 Å². The van der Waals surface area contributed by atoms with Crippen molar-refractivity contribution < 1.29 is 28.9 Å². The molecule has 4 rings (SSSR count). The minimum Gasteiger partial charge on any atom is -0.465 e. The Bertz CT molecular complexity index is 1410. The van der Waals surface area contributed by atoms with Gasteiger partial charge in [-0.15, -0.1) is 0 Å². The Morgan fingerprint density at radius 3 is 1.95 bits per heavy atom. The predicted molar refractivity (Wildman–Crippen MR) is 145 cm³/mol. The van der Waals surface area contributed by atoms with Gasteiger partial charge in [-0.25, -0.2) is 9.59 Å². The third-order valence-electron chi connectivity index (χ3n) is 5.98. The van der Waals surface area contributed by atoms with Crippen LogP contribution in [0.2, 0.25) is 0 Å². The first-order chi connectivity index (χ1) is 18.5. The summed E-state index contributed by atoms with van der Waals surface area (Å²) in [6.07, 6.45) is 1.36. The molecule has 0 radical (unpaired) electrons. The van der Waals surface area contributed by atoms with E-state index in [0.717, 1.165) is 11.3 Å². The van der Waals surface area contributed by atoms with Gasteiger partial charge in [-0.3, -0.25) is 0 Å². The first kappa shape index (κ1) is 26.4. The molecule has 0 aliphatic heterocycles. The van der Waals surface area contributed by atoms with Crippen molar-refractivity contribution in [1.82, 2.24) is 0 Å². The largest absolute Gasteiger partial charge is 0.465 e. The van der Waals surface area contributed by atoms with Gasteiger partial charge in [0, 0.05) is 0 Å². The van der Waals surface area contributed by atoms with Crippen LogP contribution < -0.4 is 4.74 Å². The molecule has 0 bridgehead atoms. The van der Waals surface area contributed by atoms with Crippen LogP contribution in [0.1, 0.15) is 43.5 Å². The summed E-state index contributed by atoms with van der Waals surface area (Å²) >= 11 is 0. The predicted octanol–water partition coefficient (Wildman–Crippen LogP) is 6.41. The zero-order valence-electron chi connectivity index (χ0n) is 21.2. The van der Waals surface area contributed by atoms with Crippen LogP contribution in [0.25, 0.3) is 6.08 Å². The molecule has 192 valence electrons. The van der Waals surface area contributed by atoms with E-state index in [4.69, 9.17) is 14.2 Å². The summed E-state index contributed by atoms with van der Waals surface area (Å²) in [5, 5.41) is 11.4. The van der Waals surface area contributed by atoms with Crippen molar-refractivity contribution in [2.75, 3.05) is 14.2 Å². The van der Waals surface area contributed by atoms with E-state index in [9.17, 15) is 14.7 Å². The second kappa shape index (κ2) is 12.5. The minimum absolute atomic E-state index is 0.0871. The molecule has 1 unspecified atom stereocenters. The van der Waals surface area contributed by atoms with Gasteiger partial charge in [0.1, 0.15) is 17.6 Å².